The second-order valence-corrected chi connectivity index (χ2v) is 8.45. The van der Waals surface area contributed by atoms with Crippen LogP contribution in [0.5, 0.6) is 0 Å². The third-order valence-electron chi connectivity index (χ3n) is 1.56. The quantitative estimate of drug-likeness (QED) is 0.635. The van der Waals surface area contributed by atoms with Gasteiger partial charge in [0.05, 0.1) is 14.3 Å². The van der Waals surface area contributed by atoms with Gasteiger partial charge in [0.1, 0.15) is 0 Å². The summed E-state index contributed by atoms with van der Waals surface area (Å²) in [6.45, 7) is 6.43. The highest BCUT2D eigenvalue weighted by Gasteiger charge is 2.19. The maximum atomic E-state index is 10.2. The van der Waals surface area contributed by atoms with Crippen LogP contribution in [-0.4, -0.2) is 20.4 Å². The summed E-state index contributed by atoms with van der Waals surface area (Å²) in [6, 6.07) is 1.11. The highest BCUT2D eigenvalue weighted by molar-refractivity contribution is 6.77. The van der Waals surface area contributed by atoms with Crippen LogP contribution >= 0.6 is 0 Å². The molecule has 0 aliphatic rings. The minimum atomic E-state index is -1.26. The fourth-order valence-electron chi connectivity index (χ4n) is 0.369. The fraction of sp³-hybridized carbons (Fsp3) is 0.833. The molecule has 0 fully saturated rings. The molecule has 0 aliphatic heterocycles. The third kappa shape index (κ3) is 4.37. The molecule has 0 saturated heterocycles. The lowest BCUT2D eigenvalue weighted by molar-refractivity contribution is 0.173. The highest BCUT2D eigenvalue weighted by Crippen LogP contribution is 2.07. The van der Waals surface area contributed by atoms with Crippen LogP contribution in [-0.2, 0) is 4.74 Å². The SMILES string of the molecule is CC[Si](C)(C)COC(N)=O. The number of hydrogen-bond donors (Lipinski definition) is 1. The van der Waals surface area contributed by atoms with Gasteiger partial charge in [-0.25, -0.2) is 4.79 Å². The molecule has 0 spiro atoms. The van der Waals surface area contributed by atoms with Crippen molar-refractivity contribution in [3.8, 4) is 0 Å². The van der Waals surface area contributed by atoms with Crippen LogP contribution < -0.4 is 5.73 Å². The molecule has 0 unspecified atom stereocenters. The average Bonchev–Trinajstić information content (AvgIpc) is 1.85. The van der Waals surface area contributed by atoms with Crippen LogP contribution in [0.15, 0.2) is 0 Å². The molecule has 0 aromatic heterocycles. The molecule has 0 bridgehead atoms. The van der Waals surface area contributed by atoms with Crippen molar-refractivity contribution in [3.05, 3.63) is 0 Å². The number of hydrogen-bond acceptors (Lipinski definition) is 2. The van der Waals surface area contributed by atoms with Gasteiger partial charge in [-0.3, -0.25) is 0 Å². The lowest BCUT2D eigenvalue weighted by Crippen LogP contribution is -2.34. The van der Waals surface area contributed by atoms with E-state index in [1.807, 2.05) is 0 Å². The van der Waals surface area contributed by atoms with Gasteiger partial charge in [-0.15, -0.1) is 0 Å². The van der Waals surface area contributed by atoms with Crippen molar-refractivity contribution in [2.75, 3.05) is 6.23 Å². The number of nitrogens with two attached hydrogens (primary N) is 1. The van der Waals surface area contributed by atoms with Gasteiger partial charge in [0.2, 0.25) is 0 Å². The number of amides is 1. The Balaban J connectivity index is 3.56. The maximum Gasteiger partial charge on any atom is 0.404 e. The van der Waals surface area contributed by atoms with E-state index in [1.54, 1.807) is 0 Å². The Morgan fingerprint density at radius 1 is 1.60 bits per heavy atom. The zero-order valence-electron chi connectivity index (χ0n) is 6.81. The smallest absolute Gasteiger partial charge is 0.404 e. The Morgan fingerprint density at radius 2 is 2.10 bits per heavy atom. The molecule has 0 rings (SSSR count). The van der Waals surface area contributed by atoms with E-state index in [0.717, 1.165) is 6.04 Å². The van der Waals surface area contributed by atoms with E-state index in [0.29, 0.717) is 6.23 Å². The van der Waals surface area contributed by atoms with Gasteiger partial charge < -0.3 is 10.5 Å². The van der Waals surface area contributed by atoms with Gasteiger partial charge in [0.25, 0.3) is 0 Å². The molecule has 0 atom stereocenters. The molecule has 60 valence electrons. The Morgan fingerprint density at radius 3 is 2.40 bits per heavy atom. The number of primary amides is 1. The first kappa shape index (κ1) is 9.49. The van der Waals surface area contributed by atoms with E-state index >= 15 is 0 Å². The third-order valence-corrected chi connectivity index (χ3v) is 4.40. The predicted octanol–water partition coefficient (Wildman–Crippen LogP) is 1.35. The van der Waals surface area contributed by atoms with E-state index in [4.69, 9.17) is 10.5 Å². The van der Waals surface area contributed by atoms with Crippen molar-refractivity contribution >= 4 is 14.2 Å². The molecular weight excluding hydrogens is 146 g/mol. The fourth-order valence-corrected chi connectivity index (χ4v) is 1.11. The molecule has 0 aromatic carbocycles. The van der Waals surface area contributed by atoms with Gasteiger partial charge in [-0.2, -0.15) is 0 Å². The Labute approximate surface area is 62.6 Å². The van der Waals surface area contributed by atoms with E-state index in [1.165, 1.54) is 0 Å². The summed E-state index contributed by atoms with van der Waals surface area (Å²) in [7, 11) is -1.26. The molecule has 1 amide bonds. The molecule has 2 N–H and O–H groups in total. The van der Waals surface area contributed by atoms with Crippen molar-refractivity contribution in [3.63, 3.8) is 0 Å². The summed E-state index contributed by atoms with van der Waals surface area (Å²) in [5, 5.41) is 0. The summed E-state index contributed by atoms with van der Waals surface area (Å²) in [5.41, 5.74) is 4.82. The van der Waals surface area contributed by atoms with Crippen molar-refractivity contribution in [1.82, 2.24) is 0 Å². The molecule has 10 heavy (non-hydrogen) atoms. The normalized spacial score (nSPS) is 11.1. The van der Waals surface area contributed by atoms with Crippen LogP contribution in [0.3, 0.4) is 0 Å². The topological polar surface area (TPSA) is 52.3 Å². The molecule has 4 heteroatoms. The standard InChI is InChI=1S/C6H15NO2Si/c1-4-10(2,3)5-9-6(7)8/h4-5H2,1-3H3,(H2,7,8). The van der Waals surface area contributed by atoms with Crippen LogP contribution in [0.25, 0.3) is 0 Å². The maximum absolute atomic E-state index is 10.2. The summed E-state index contributed by atoms with van der Waals surface area (Å²) >= 11 is 0. The number of carbonyl (C=O) groups excluding carboxylic acids is 1. The second kappa shape index (κ2) is 3.61. The van der Waals surface area contributed by atoms with Crippen molar-refractivity contribution in [2.24, 2.45) is 5.73 Å². The average molecular weight is 161 g/mol. The van der Waals surface area contributed by atoms with E-state index in [-0.39, 0.29) is 0 Å². The van der Waals surface area contributed by atoms with Crippen LogP contribution in [0, 0.1) is 0 Å². The second-order valence-electron chi connectivity index (χ2n) is 3.13. The summed E-state index contributed by atoms with van der Waals surface area (Å²) < 4.78 is 4.70. The first-order chi connectivity index (χ1) is 4.48. The molecule has 0 radical (unpaired) electrons. The lowest BCUT2D eigenvalue weighted by atomic mass is 11.0. The van der Waals surface area contributed by atoms with Crippen LogP contribution in [0.4, 0.5) is 4.79 Å². The van der Waals surface area contributed by atoms with E-state index < -0.39 is 14.2 Å². The van der Waals surface area contributed by atoms with Gasteiger partial charge in [-0.05, 0) is 0 Å². The molecule has 0 heterocycles. The highest BCUT2D eigenvalue weighted by atomic mass is 28.3. The van der Waals surface area contributed by atoms with Crippen molar-refractivity contribution in [1.29, 1.82) is 0 Å². The first-order valence-electron chi connectivity index (χ1n) is 3.40. The monoisotopic (exact) mass is 161 g/mol. The lowest BCUT2D eigenvalue weighted by Gasteiger charge is -2.18. The van der Waals surface area contributed by atoms with Gasteiger partial charge >= 0.3 is 6.09 Å². The Kier molecular flexibility index (Phi) is 3.42. The van der Waals surface area contributed by atoms with Gasteiger partial charge in [-0.1, -0.05) is 26.1 Å². The molecule has 3 nitrogen and oxygen atoms in total. The Hall–Kier alpha value is -0.513. The number of carbonyl (C=O) groups is 1. The summed E-state index contributed by atoms with van der Waals surface area (Å²) in [4.78, 5) is 10.2. The van der Waals surface area contributed by atoms with Gasteiger partial charge in [0, 0.05) is 0 Å². The molecular formula is C6H15NO2Si. The first-order valence-corrected chi connectivity index (χ1v) is 6.81. The zero-order chi connectivity index (χ0) is 8.20. The zero-order valence-corrected chi connectivity index (χ0v) is 7.81. The molecule has 0 aromatic rings. The summed E-state index contributed by atoms with van der Waals surface area (Å²) in [5.74, 6) is 0. The van der Waals surface area contributed by atoms with Crippen molar-refractivity contribution in [2.45, 2.75) is 26.1 Å². The van der Waals surface area contributed by atoms with E-state index in [9.17, 15) is 4.79 Å². The van der Waals surface area contributed by atoms with Gasteiger partial charge in [0.15, 0.2) is 0 Å². The molecule has 0 saturated carbocycles. The predicted molar refractivity (Wildman–Crippen MR) is 43.5 cm³/mol. The summed E-state index contributed by atoms with van der Waals surface area (Å²) in [6.07, 6.45) is -0.118. The number of ether oxygens (including phenoxy) is 1. The Bertz CT molecular complexity index is 125. The minimum absolute atomic E-state index is 0.541. The number of rotatable bonds is 3. The van der Waals surface area contributed by atoms with Crippen LogP contribution in [0.2, 0.25) is 19.1 Å². The molecule has 0 aliphatic carbocycles. The van der Waals surface area contributed by atoms with Crippen molar-refractivity contribution < 1.29 is 9.53 Å². The van der Waals surface area contributed by atoms with E-state index in [2.05, 4.69) is 20.0 Å². The van der Waals surface area contributed by atoms with Crippen LogP contribution in [0.1, 0.15) is 6.92 Å². The largest absolute Gasteiger partial charge is 0.453 e. The minimum Gasteiger partial charge on any atom is -0.453 e.